The van der Waals surface area contributed by atoms with E-state index < -0.39 is 35.8 Å². The molecule has 3 atom stereocenters. The highest BCUT2D eigenvalue weighted by Gasteiger charge is 2.32. The number of primary amides is 1. The minimum atomic E-state index is -0.882. The maximum absolute atomic E-state index is 12.4. The Hall–Kier alpha value is -2.78. The van der Waals surface area contributed by atoms with Crippen molar-refractivity contribution in [3.63, 3.8) is 0 Å². The first-order valence-corrected chi connectivity index (χ1v) is 9.00. The van der Waals surface area contributed by atoms with Crippen molar-refractivity contribution in [2.45, 2.75) is 57.7 Å². The zero-order chi connectivity index (χ0) is 20.6. The van der Waals surface area contributed by atoms with Crippen LogP contribution in [0.3, 0.4) is 0 Å². The SMILES string of the molecule is C=C(N)NCCC[C@H](NC(=O)[C@H](C)NC(=O)C1CC1)C(=O)N[C@@H](C)C(N)=O. The highest BCUT2D eigenvalue weighted by Crippen LogP contribution is 2.28. The number of hydrogen-bond acceptors (Lipinski definition) is 6. The van der Waals surface area contributed by atoms with Crippen LogP contribution in [-0.4, -0.2) is 48.3 Å². The lowest BCUT2D eigenvalue weighted by Crippen LogP contribution is -2.55. The van der Waals surface area contributed by atoms with Crippen molar-refractivity contribution < 1.29 is 19.2 Å². The number of carbonyl (C=O) groups excluding carboxylic acids is 4. The van der Waals surface area contributed by atoms with E-state index in [1.54, 1.807) is 6.92 Å². The normalized spacial score (nSPS) is 16.4. The number of nitrogens with two attached hydrogens (primary N) is 2. The molecule has 1 aliphatic rings. The molecule has 0 saturated heterocycles. The van der Waals surface area contributed by atoms with Crippen LogP contribution in [0.1, 0.15) is 39.5 Å². The van der Waals surface area contributed by atoms with E-state index in [-0.39, 0.29) is 11.8 Å². The van der Waals surface area contributed by atoms with Crippen molar-refractivity contribution in [2.75, 3.05) is 6.54 Å². The van der Waals surface area contributed by atoms with Gasteiger partial charge in [0.15, 0.2) is 0 Å². The van der Waals surface area contributed by atoms with Gasteiger partial charge in [-0.25, -0.2) is 0 Å². The van der Waals surface area contributed by atoms with Crippen molar-refractivity contribution >= 4 is 23.6 Å². The zero-order valence-corrected chi connectivity index (χ0v) is 15.8. The number of rotatable bonds is 12. The van der Waals surface area contributed by atoms with E-state index in [0.29, 0.717) is 25.2 Å². The van der Waals surface area contributed by atoms with E-state index in [2.05, 4.69) is 27.8 Å². The molecule has 0 aromatic rings. The minimum Gasteiger partial charge on any atom is -0.386 e. The van der Waals surface area contributed by atoms with E-state index in [4.69, 9.17) is 11.5 Å². The van der Waals surface area contributed by atoms with Gasteiger partial charge in [-0.15, -0.1) is 0 Å². The van der Waals surface area contributed by atoms with Crippen LogP contribution in [0.25, 0.3) is 0 Å². The predicted octanol–water partition coefficient (Wildman–Crippen LogP) is -1.82. The van der Waals surface area contributed by atoms with Gasteiger partial charge in [-0.05, 0) is 39.5 Å². The van der Waals surface area contributed by atoms with E-state index in [9.17, 15) is 19.2 Å². The van der Waals surface area contributed by atoms with Crippen LogP contribution in [-0.2, 0) is 19.2 Å². The third-order valence-electron chi connectivity index (χ3n) is 4.14. The Morgan fingerprint density at radius 2 is 1.63 bits per heavy atom. The zero-order valence-electron chi connectivity index (χ0n) is 15.8. The van der Waals surface area contributed by atoms with Crippen molar-refractivity contribution in [3.8, 4) is 0 Å². The highest BCUT2D eigenvalue weighted by molar-refractivity contribution is 5.94. The molecular formula is C17H30N6O4. The monoisotopic (exact) mass is 382 g/mol. The maximum Gasteiger partial charge on any atom is 0.243 e. The Kier molecular flexibility index (Phi) is 8.57. The topological polar surface area (TPSA) is 168 Å². The van der Waals surface area contributed by atoms with E-state index in [1.165, 1.54) is 6.92 Å². The highest BCUT2D eigenvalue weighted by atomic mass is 16.2. The second-order valence-electron chi connectivity index (χ2n) is 6.79. The number of nitrogens with one attached hydrogen (secondary N) is 4. The average molecular weight is 382 g/mol. The smallest absolute Gasteiger partial charge is 0.243 e. The lowest BCUT2D eigenvalue weighted by molar-refractivity contribution is -0.133. The first kappa shape index (κ1) is 22.3. The van der Waals surface area contributed by atoms with Crippen LogP contribution in [0.4, 0.5) is 0 Å². The molecule has 152 valence electrons. The molecule has 1 saturated carbocycles. The standard InChI is InChI=1S/C17H30N6O4/c1-9(14(19)24)21-17(27)13(5-4-8-20-11(3)18)23-15(25)10(2)22-16(26)12-6-7-12/h9-10,12-13,20H,3-8,18H2,1-2H3,(H2,19,24)(H,21,27)(H,22,26)(H,23,25)/t9-,10-,13-/m0/s1. The molecule has 1 fully saturated rings. The first-order valence-electron chi connectivity index (χ1n) is 9.00. The fraction of sp³-hybridized carbons (Fsp3) is 0.647. The Labute approximate surface area is 158 Å². The summed E-state index contributed by atoms with van der Waals surface area (Å²) in [6.45, 7) is 6.98. The third-order valence-corrected chi connectivity index (χ3v) is 4.14. The van der Waals surface area contributed by atoms with Gasteiger partial charge in [0, 0.05) is 12.5 Å². The molecule has 0 aliphatic heterocycles. The summed E-state index contributed by atoms with van der Waals surface area (Å²) in [5.41, 5.74) is 10.6. The molecule has 0 heterocycles. The van der Waals surface area contributed by atoms with E-state index >= 15 is 0 Å². The summed E-state index contributed by atoms with van der Waals surface area (Å²) in [4.78, 5) is 47.7. The molecule has 27 heavy (non-hydrogen) atoms. The first-order chi connectivity index (χ1) is 12.6. The minimum absolute atomic E-state index is 0.0220. The molecule has 0 radical (unpaired) electrons. The molecule has 10 nitrogen and oxygen atoms in total. The molecule has 4 amide bonds. The quantitative estimate of drug-likeness (QED) is 0.217. The number of amides is 4. The Morgan fingerprint density at radius 3 is 2.15 bits per heavy atom. The predicted molar refractivity (Wildman–Crippen MR) is 99.6 cm³/mol. The summed E-state index contributed by atoms with van der Waals surface area (Å²) in [6, 6.07) is -2.53. The molecule has 0 bridgehead atoms. The molecule has 0 spiro atoms. The van der Waals surface area contributed by atoms with Crippen molar-refractivity contribution in [1.82, 2.24) is 21.3 Å². The third kappa shape index (κ3) is 8.43. The Morgan fingerprint density at radius 1 is 1.00 bits per heavy atom. The van der Waals surface area contributed by atoms with Gasteiger partial charge in [0.1, 0.15) is 18.1 Å². The fourth-order valence-corrected chi connectivity index (χ4v) is 2.25. The van der Waals surface area contributed by atoms with Gasteiger partial charge in [-0.1, -0.05) is 6.58 Å². The van der Waals surface area contributed by atoms with Gasteiger partial charge in [0.2, 0.25) is 23.6 Å². The van der Waals surface area contributed by atoms with Crippen LogP contribution < -0.4 is 32.7 Å². The molecule has 1 aliphatic carbocycles. The van der Waals surface area contributed by atoms with Gasteiger partial charge >= 0.3 is 0 Å². The Bertz CT molecular complexity index is 590. The maximum atomic E-state index is 12.4. The van der Waals surface area contributed by atoms with Gasteiger partial charge in [0.05, 0.1) is 5.82 Å². The summed E-state index contributed by atoms with van der Waals surface area (Å²) in [7, 11) is 0. The van der Waals surface area contributed by atoms with Crippen molar-refractivity contribution in [3.05, 3.63) is 12.4 Å². The number of carbonyl (C=O) groups is 4. The van der Waals surface area contributed by atoms with Gasteiger partial charge in [0.25, 0.3) is 0 Å². The molecule has 1 rings (SSSR count). The fourth-order valence-electron chi connectivity index (χ4n) is 2.25. The second kappa shape index (κ2) is 10.4. The van der Waals surface area contributed by atoms with E-state index in [1.807, 2.05) is 0 Å². The molecule has 0 aromatic carbocycles. The largest absolute Gasteiger partial charge is 0.386 e. The van der Waals surface area contributed by atoms with Crippen molar-refractivity contribution in [1.29, 1.82) is 0 Å². The molecule has 10 heteroatoms. The lowest BCUT2D eigenvalue weighted by Gasteiger charge is -2.22. The van der Waals surface area contributed by atoms with Crippen LogP contribution in [0.2, 0.25) is 0 Å². The summed E-state index contributed by atoms with van der Waals surface area (Å²) in [5.74, 6) is -1.56. The number of hydrogen-bond donors (Lipinski definition) is 6. The molecule has 0 unspecified atom stereocenters. The molecule has 0 aromatic heterocycles. The second-order valence-corrected chi connectivity index (χ2v) is 6.79. The molecular weight excluding hydrogens is 352 g/mol. The van der Waals surface area contributed by atoms with Crippen LogP contribution >= 0.6 is 0 Å². The van der Waals surface area contributed by atoms with Gasteiger partial charge < -0.3 is 32.7 Å². The van der Waals surface area contributed by atoms with Gasteiger partial charge in [-0.2, -0.15) is 0 Å². The Balaban J connectivity index is 2.62. The summed E-state index contributed by atoms with van der Waals surface area (Å²) in [5, 5.41) is 10.5. The molecule has 8 N–H and O–H groups in total. The van der Waals surface area contributed by atoms with Gasteiger partial charge in [-0.3, -0.25) is 19.2 Å². The average Bonchev–Trinajstić information content (AvgIpc) is 3.41. The van der Waals surface area contributed by atoms with Crippen LogP contribution in [0, 0.1) is 5.92 Å². The van der Waals surface area contributed by atoms with Crippen LogP contribution in [0.5, 0.6) is 0 Å². The summed E-state index contributed by atoms with van der Waals surface area (Å²) < 4.78 is 0. The van der Waals surface area contributed by atoms with Crippen LogP contribution in [0.15, 0.2) is 12.4 Å². The summed E-state index contributed by atoms with van der Waals surface area (Å²) in [6.07, 6.45) is 2.47. The van der Waals surface area contributed by atoms with E-state index in [0.717, 1.165) is 12.8 Å². The van der Waals surface area contributed by atoms with Crippen molar-refractivity contribution in [2.24, 2.45) is 17.4 Å². The summed E-state index contributed by atoms with van der Waals surface area (Å²) >= 11 is 0. The lowest BCUT2D eigenvalue weighted by atomic mass is 10.1.